The number of aromatic nitrogens is 4. The summed E-state index contributed by atoms with van der Waals surface area (Å²) in [6.45, 7) is 3.04. The van der Waals surface area contributed by atoms with Crippen LogP contribution < -0.4 is 10.4 Å². The summed E-state index contributed by atoms with van der Waals surface area (Å²) >= 11 is 0. The molecule has 20 heavy (non-hydrogen) atoms. The molecule has 0 unspecified atom stereocenters. The van der Waals surface area contributed by atoms with E-state index in [1.165, 1.54) is 4.68 Å². The van der Waals surface area contributed by atoms with Gasteiger partial charge in [0.15, 0.2) is 0 Å². The van der Waals surface area contributed by atoms with Crippen LogP contribution in [0.5, 0.6) is 5.75 Å². The molecule has 1 aliphatic rings. The molecule has 0 N–H and O–H groups in total. The van der Waals surface area contributed by atoms with Crippen LogP contribution in [0, 0.1) is 6.92 Å². The zero-order chi connectivity index (χ0) is 14.1. The number of ether oxygens (including phenoxy) is 1. The van der Waals surface area contributed by atoms with E-state index in [1.807, 2.05) is 19.1 Å². The lowest BCUT2D eigenvalue weighted by Crippen LogP contribution is -2.27. The minimum absolute atomic E-state index is 0.0509. The Labute approximate surface area is 117 Å². The summed E-state index contributed by atoms with van der Waals surface area (Å²) in [4.78, 5) is 16.7. The van der Waals surface area contributed by atoms with Crippen molar-refractivity contribution < 1.29 is 4.74 Å². The largest absolute Gasteiger partial charge is 0.495 e. The highest BCUT2D eigenvalue weighted by molar-refractivity contribution is 5.29. The van der Waals surface area contributed by atoms with Crippen molar-refractivity contribution in [3.05, 3.63) is 39.8 Å². The Hall–Kier alpha value is -2.11. The number of fused-ring (bicyclic) bond motifs is 1. The molecule has 6 heteroatoms. The standard InChI is InChI=1S/C14H18N4O2/c1-10-6-7-12(20-2)11(15-10)9-18-14(19)17-8-4-3-5-13(17)16-18/h6-7H,3-5,8-9H2,1-2H3. The van der Waals surface area contributed by atoms with Gasteiger partial charge in [-0.1, -0.05) is 0 Å². The molecule has 0 bridgehead atoms. The summed E-state index contributed by atoms with van der Waals surface area (Å²) in [5.74, 6) is 1.57. The maximum absolute atomic E-state index is 12.3. The Balaban J connectivity index is 1.98. The average molecular weight is 274 g/mol. The number of methoxy groups -OCH3 is 1. The summed E-state index contributed by atoms with van der Waals surface area (Å²) < 4.78 is 8.56. The van der Waals surface area contributed by atoms with Crippen LogP contribution >= 0.6 is 0 Å². The minimum Gasteiger partial charge on any atom is -0.495 e. The monoisotopic (exact) mass is 274 g/mol. The van der Waals surface area contributed by atoms with Crippen molar-refractivity contribution in [1.82, 2.24) is 19.3 Å². The highest BCUT2D eigenvalue weighted by atomic mass is 16.5. The molecule has 2 aromatic heterocycles. The van der Waals surface area contributed by atoms with E-state index in [2.05, 4.69) is 10.1 Å². The molecule has 0 radical (unpaired) electrons. The maximum atomic E-state index is 12.3. The fraction of sp³-hybridized carbons (Fsp3) is 0.500. The number of aryl methyl sites for hydroxylation is 2. The Bertz CT molecular complexity index is 687. The lowest BCUT2D eigenvalue weighted by Gasteiger charge is -2.09. The van der Waals surface area contributed by atoms with E-state index in [4.69, 9.17) is 4.74 Å². The molecule has 0 saturated heterocycles. The second kappa shape index (κ2) is 5.11. The molecule has 0 saturated carbocycles. The Morgan fingerprint density at radius 3 is 2.95 bits per heavy atom. The number of pyridine rings is 1. The van der Waals surface area contributed by atoms with Crippen LogP contribution in [-0.4, -0.2) is 26.4 Å². The first-order valence-corrected chi connectivity index (χ1v) is 6.86. The topological polar surface area (TPSA) is 61.9 Å². The van der Waals surface area contributed by atoms with E-state index in [-0.39, 0.29) is 5.69 Å². The molecule has 0 aromatic carbocycles. The Morgan fingerprint density at radius 2 is 2.20 bits per heavy atom. The second-order valence-electron chi connectivity index (χ2n) is 5.07. The van der Waals surface area contributed by atoms with E-state index in [0.717, 1.165) is 43.0 Å². The van der Waals surface area contributed by atoms with E-state index in [9.17, 15) is 4.79 Å². The number of nitrogens with zero attached hydrogens (tertiary/aromatic N) is 4. The molecular weight excluding hydrogens is 256 g/mol. The van der Waals surface area contributed by atoms with Gasteiger partial charge in [-0.25, -0.2) is 9.48 Å². The van der Waals surface area contributed by atoms with Gasteiger partial charge in [0.05, 0.1) is 13.7 Å². The van der Waals surface area contributed by atoms with Gasteiger partial charge in [0.25, 0.3) is 0 Å². The lowest BCUT2D eigenvalue weighted by molar-refractivity contribution is 0.403. The van der Waals surface area contributed by atoms with Gasteiger partial charge >= 0.3 is 5.69 Å². The van der Waals surface area contributed by atoms with Crippen LogP contribution in [0.25, 0.3) is 0 Å². The van der Waals surface area contributed by atoms with Gasteiger partial charge in [-0.15, -0.1) is 0 Å². The third-order valence-electron chi connectivity index (χ3n) is 3.62. The third kappa shape index (κ3) is 2.21. The van der Waals surface area contributed by atoms with Crippen molar-refractivity contribution >= 4 is 0 Å². The molecule has 1 aliphatic heterocycles. The lowest BCUT2D eigenvalue weighted by atomic mass is 10.2. The molecule has 3 heterocycles. The molecular formula is C14H18N4O2. The average Bonchev–Trinajstić information content (AvgIpc) is 2.76. The molecule has 2 aromatic rings. The van der Waals surface area contributed by atoms with Crippen molar-refractivity contribution in [2.75, 3.05) is 7.11 Å². The molecule has 3 rings (SSSR count). The summed E-state index contributed by atoms with van der Waals surface area (Å²) in [5, 5.41) is 4.42. The van der Waals surface area contributed by atoms with Crippen LogP contribution in [0.15, 0.2) is 16.9 Å². The summed E-state index contributed by atoms with van der Waals surface area (Å²) in [6, 6.07) is 3.77. The fourth-order valence-electron chi connectivity index (χ4n) is 2.59. The van der Waals surface area contributed by atoms with Crippen molar-refractivity contribution in [2.45, 2.75) is 39.3 Å². The highest BCUT2D eigenvalue weighted by Gasteiger charge is 2.18. The van der Waals surface area contributed by atoms with E-state index >= 15 is 0 Å². The van der Waals surface area contributed by atoms with Crippen LogP contribution in [0.1, 0.15) is 30.1 Å². The van der Waals surface area contributed by atoms with Crippen LogP contribution in [0.4, 0.5) is 0 Å². The van der Waals surface area contributed by atoms with E-state index in [0.29, 0.717) is 12.3 Å². The molecule has 0 atom stereocenters. The maximum Gasteiger partial charge on any atom is 0.346 e. The van der Waals surface area contributed by atoms with Crippen LogP contribution in [-0.2, 0) is 19.5 Å². The molecule has 6 nitrogen and oxygen atoms in total. The third-order valence-corrected chi connectivity index (χ3v) is 3.62. The van der Waals surface area contributed by atoms with Crippen LogP contribution in [0.2, 0.25) is 0 Å². The molecule has 0 spiro atoms. The predicted molar refractivity (Wildman–Crippen MR) is 74.1 cm³/mol. The van der Waals surface area contributed by atoms with Gasteiger partial charge in [0.2, 0.25) is 0 Å². The molecule has 0 fully saturated rings. The Morgan fingerprint density at radius 1 is 1.35 bits per heavy atom. The van der Waals surface area contributed by atoms with Gasteiger partial charge in [-0.05, 0) is 31.9 Å². The number of hydrogen-bond donors (Lipinski definition) is 0. The van der Waals surface area contributed by atoms with Gasteiger partial charge in [0.1, 0.15) is 17.3 Å². The zero-order valence-electron chi connectivity index (χ0n) is 11.8. The van der Waals surface area contributed by atoms with Crippen molar-refractivity contribution in [2.24, 2.45) is 0 Å². The van der Waals surface area contributed by atoms with Gasteiger partial charge in [-0.3, -0.25) is 9.55 Å². The van der Waals surface area contributed by atoms with Crippen molar-refractivity contribution in [3.63, 3.8) is 0 Å². The van der Waals surface area contributed by atoms with Crippen molar-refractivity contribution in [3.8, 4) is 5.75 Å². The fourth-order valence-corrected chi connectivity index (χ4v) is 2.59. The van der Waals surface area contributed by atoms with E-state index < -0.39 is 0 Å². The first-order valence-electron chi connectivity index (χ1n) is 6.86. The zero-order valence-corrected chi connectivity index (χ0v) is 11.8. The summed E-state index contributed by atoms with van der Waals surface area (Å²) in [6.07, 6.45) is 3.02. The predicted octanol–water partition coefficient (Wildman–Crippen LogP) is 1.14. The van der Waals surface area contributed by atoms with Crippen LogP contribution in [0.3, 0.4) is 0 Å². The first kappa shape index (κ1) is 12.9. The number of hydrogen-bond acceptors (Lipinski definition) is 4. The highest BCUT2D eigenvalue weighted by Crippen LogP contribution is 2.17. The quantitative estimate of drug-likeness (QED) is 0.842. The second-order valence-corrected chi connectivity index (χ2v) is 5.07. The van der Waals surface area contributed by atoms with Crippen molar-refractivity contribution in [1.29, 1.82) is 0 Å². The number of rotatable bonds is 3. The van der Waals surface area contributed by atoms with Gasteiger partial charge < -0.3 is 4.74 Å². The SMILES string of the molecule is COc1ccc(C)nc1Cn1nc2n(c1=O)CCCC2. The normalized spacial score (nSPS) is 14.1. The summed E-state index contributed by atoms with van der Waals surface area (Å²) in [5.41, 5.74) is 1.59. The summed E-state index contributed by atoms with van der Waals surface area (Å²) in [7, 11) is 1.61. The van der Waals surface area contributed by atoms with Gasteiger partial charge in [-0.2, -0.15) is 5.10 Å². The Kier molecular flexibility index (Phi) is 3.30. The molecule has 106 valence electrons. The van der Waals surface area contributed by atoms with E-state index in [1.54, 1.807) is 11.7 Å². The van der Waals surface area contributed by atoms with Gasteiger partial charge in [0, 0.05) is 18.7 Å². The first-order chi connectivity index (χ1) is 9.69. The molecule has 0 amide bonds. The smallest absolute Gasteiger partial charge is 0.346 e. The molecule has 0 aliphatic carbocycles. The minimum atomic E-state index is -0.0509.